The summed E-state index contributed by atoms with van der Waals surface area (Å²) in [6, 6.07) is 6.58. The Hall–Kier alpha value is -3.46. The normalized spacial score (nSPS) is 21.0. The number of aromatic nitrogens is 5. The number of fused-ring (bicyclic) bond motifs is 2. The van der Waals surface area contributed by atoms with Crippen molar-refractivity contribution in [2.24, 2.45) is 5.92 Å². The second-order valence-electron chi connectivity index (χ2n) is 9.37. The van der Waals surface area contributed by atoms with Crippen LogP contribution in [0.3, 0.4) is 0 Å². The van der Waals surface area contributed by atoms with Crippen molar-refractivity contribution in [1.82, 2.24) is 29.5 Å². The van der Waals surface area contributed by atoms with Crippen molar-refractivity contribution in [3.05, 3.63) is 42.4 Å². The number of rotatable bonds is 5. The smallest absolute Gasteiger partial charge is 0.256 e. The third kappa shape index (κ3) is 3.42. The van der Waals surface area contributed by atoms with E-state index >= 15 is 0 Å². The minimum atomic E-state index is -0.121. The minimum Gasteiger partial charge on any atom is -0.381 e. The van der Waals surface area contributed by atoms with Gasteiger partial charge in [0.05, 0.1) is 11.9 Å². The van der Waals surface area contributed by atoms with Crippen LogP contribution in [0, 0.1) is 5.92 Å². The molecule has 2 N–H and O–H groups in total. The van der Waals surface area contributed by atoms with Crippen molar-refractivity contribution in [1.29, 1.82) is 0 Å². The van der Waals surface area contributed by atoms with E-state index in [-0.39, 0.29) is 11.9 Å². The van der Waals surface area contributed by atoms with E-state index in [2.05, 4.69) is 39.5 Å². The maximum Gasteiger partial charge on any atom is 0.256 e. The number of carbonyl (C=O) groups excluding carboxylic acids is 1. The summed E-state index contributed by atoms with van der Waals surface area (Å²) in [4.78, 5) is 22.7. The van der Waals surface area contributed by atoms with Crippen LogP contribution in [-0.4, -0.2) is 56.4 Å². The predicted octanol–water partition coefficient (Wildman–Crippen LogP) is 3.67. The zero-order valence-electron chi connectivity index (χ0n) is 19.5. The Labute approximate surface area is 197 Å². The van der Waals surface area contributed by atoms with Gasteiger partial charge in [-0.2, -0.15) is 9.61 Å². The number of hydrogen-bond acceptors (Lipinski definition) is 6. The maximum absolute atomic E-state index is 13.1. The van der Waals surface area contributed by atoms with Gasteiger partial charge in [0.2, 0.25) is 0 Å². The molecule has 176 valence electrons. The molecule has 1 saturated heterocycles. The molecule has 34 heavy (non-hydrogen) atoms. The van der Waals surface area contributed by atoms with Gasteiger partial charge < -0.3 is 19.9 Å². The number of pyridine rings is 1. The van der Waals surface area contributed by atoms with Gasteiger partial charge in [-0.1, -0.05) is 6.92 Å². The fraction of sp³-hybridized carbons (Fsp3) is 0.440. The van der Waals surface area contributed by atoms with Crippen LogP contribution in [-0.2, 0) is 4.74 Å². The molecule has 2 atom stereocenters. The standard InChI is InChI=1S/C25H29N7O2/c1-15-5-6-20(15)30-25(33)18-13-28-32-22(26-2)12-21(29-24(18)32)19-14-31(16-7-10-34-11-8-16)23-17(19)4-3-9-27-23/h3-4,9,12-16,20,26H,5-8,10-11H2,1-2H3,(H,30,33). The second kappa shape index (κ2) is 8.39. The molecule has 0 radical (unpaired) electrons. The number of carbonyl (C=O) groups is 1. The lowest BCUT2D eigenvalue weighted by Gasteiger charge is -2.34. The largest absolute Gasteiger partial charge is 0.381 e. The summed E-state index contributed by atoms with van der Waals surface area (Å²) in [5, 5.41) is 11.9. The van der Waals surface area contributed by atoms with Crippen LogP contribution >= 0.6 is 0 Å². The Balaban J connectivity index is 1.46. The first-order chi connectivity index (χ1) is 16.6. The van der Waals surface area contributed by atoms with Crippen molar-refractivity contribution in [2.75, 3.05) is 25.6 Å². The number of ether oxygens (including phenoxy) is 1. The van der Waals surface area contributed by atoms with Crippen molar-refractivity contribution in [3.63, 3.8) is 0 Å². The molecule has 1 amide bonds. The van der Waals surface area contributed by atoms with Crippen molar-refractivity contribution in [2.45, 2.75) is 44.7 Å². The highest BCUT2D eigenvalue weighted by Crippen LogP contribution is 2.35. The van der Waals surface area contributed by atoms with Gasteiger partial charge in [0.15, 0.2) is 5.65 Å². The lowest BCUT2D eigenvalue weighted by molar-refractivity contribution is 0.0706. The molecule has 2 unspecified atom stereocenters. The first-order valence-electron chi connectivity index (χ1n) is 12.0. The van der Waals surface area contributed by atoms with Crippen LogP contribution in [0.4, 0.5) is 5.82 Å². The molecule has 1 aliphatic heterocycles. The van der Waals surface area contributed by atoms with Gasteiger partial charge in [-0.05, 0) is 43.7 Å². The lowest BCUT2D eigenvalue weighted by atomic mass is 9.81. The molecule has 1 aliphatic carbocycles. The fourth-order valence-electron chi connectivity index (χ4n) is 5.09. The molecule has 2 fully saturated rings. The third-order valence-corrected chi connectivity index (χ3v) is 7.36. The molecular formula is C25H29N7O2. The minimum absolute atomic E-state index is 0.121. The monoisotopic (exact) mass is 459 g/mol. The van der Waals surface area contributed by atoms with E-state index < -0.39 is 0 Å². The van der Waals surface area contributed by atoms with E-state index in [4.69, 9.17) is 14.7 Å². The van der Waals surface area contributed by atoms with Crippen LogP contribution in [0.25, 0.3) is 27.9 Å². The number of nitrogens with zero attached hydrogens (tertiary/aromatic N) is 5. The first kappa shape index (κ1) is 21.1. The average molecular weight is 460 g/mol. The molecule has 9 nitrogen and oxygen atoms in total. The lowest BCUT2D eigenvalue weighted by Crippen LogP contribution is -2.45. The maximum atomic E-state index is 13.1. The molecule has 4 aromatic heterocycles. The fourth-order valence-corrected chi connectivity index (χ4v) is 5.09. The highest BCUT2D eigenvalue weighted by Gasteiger charge is 2.30. The molecule has 0 aromatic carbocycles. The summed E-state index contributed by atoms with van der Waals surface area (Å²) in [6.07, 6.45) is 9.68. The summed E-state index contributed by atoms with van der Waals surface area (Å²) < 4.78 is 9.53. The summed E-state index contributed by atoms with van der Waals surface area (Å²) in [5.74, 6) is 1.16. The molecule has 5 heterocycles. The zero-order chi connectivity index (χ0) is 23.2. The molecule has 2 aliphatic rings. The van der Waals surface area contributed by atoms with Gasteiger partial charge >= 0.3 is 0 Å². The molecule has 4 aromatic rings. The number of amides is 1. The third-order valence-electron chi connectivity index (χ3n) is 7.36. The van der Waals surface area contributed by atoms with Crippen LogP contribution < -0.4 is 10.6 Å². The van der Waals surface area contributed by atoms with E-state index in [1.54, 1.807) is 10.7 Å². The molecule has 0 bridgehead atoms. The number of nitrogens with one attached hydrogen (secondary N) is 2. The topological polar surface area (TPSA) is 98.4 Å². The first-order valence-corrected chi connectivity index (χ1v) is 12.0. The number of anilines is 1. The summed E-state index contributed by atoms with van der Waals surface area (Å²) in [5.41, 5.74) is 3.76. The quantitative estimate of drug-likeness (QED) is 0.473. The SMILES string of the molecule is CNc1cc(-c2cn(C3CCOCC3)c3ncccc23)nc2c(C(=O)NC3CCC3C)cnn12. The van der Waals surface area contributed by atoms with E-state index in [9.17, 15) is 4.79 Å². The Morgan fingerprint density at radius 3 is 2.76 bits per heavy atom. The van der Waals surface area contributed by atoms with E-state index in [0.717, 1.165) is 67.0 Å². The highest BCUT2D eigenvalue weighted by molar-refractivity contribution is 6.01. The van der Waals surface area contributed by atoms with E-state index in [1.807, 2.05) is 25.4 Å². The van der Waals surface area contributed by atoms with Gasteiger partial charge in [-0.15, -0.1) is 0 Å². The number of hydrogen-bond donors (Lipinski definition) is 2. The zero-order valence-corrected chi connectivity index (χ0v) is 19.5. The van der Waals surface area contributed by atoms with Crippen molar-refractivity contribution >= 4 is 28.4 Å². The van der Waals surface area contributed by atoms with Crippen LogP contribution in [0.5, 0.6) is 0 Å². The van der Waals surface area contributed by atoms with Crippen LogP contribution in [0.2, 0.25) is 0 Å². The van der Waals surface area contributed by atoms with Crippen LogP contribution in [0.15, 0.2) is 36.8 Å². The molecule has 6 rings (SSSR count). The summed E-state index contributed by atoms with van der Waals surface area (Å²) >= 11 is 0. The van der Waals surface area contributed by atoms with Gasteiger partial charge in [-0.3, -0.25) is 4.79 Å². The van der Waals surface area contributed by atoms with Gasteiger partial charge in [0.25, 0.3) is 5.91 Å². The van der Waals surface area contributed by atoms with E-state index in [0.29, 0.717) is 23.2 Å². The summed E-state index contributed by atoms with van der Waals surface area (Å²) in [6.45, 7) is 3.69. The average Bonchev–Trinajstić information content (AvgIpc) is 3.48. The van der Waals surface area contributed by atoms with Crippen molar-refractivity contribution in [3.8, 4) is 11.3 Å². The molecular weight excluding hydrogens is 430 g/mol. The van der Waals surface area contributed by atoms with Gasteiger partial charge in [0.1, 0.15) is 17.0 Å². The second-order valence-corrected chi connectivity index (χ2v) is 9.37. The van der Waals surface area contributed by atoms with Crippen molar-refractivity contribution < 1.29 is 9.53 Å². The molecule has 0 spiro atoms. The Kier molecular flexibility index (Phi) is 5.21. The Bertz CT molecular complexity index is 1370. The molecule has 1 saturated carbocycles. The predicted molar refractivity (Wildman–Crippen MR) is 130 cm³/mol. The Morgan fingerprint density at radius 2 is 2.03 bits per heavy atom. The van der Waals surface area contributed by atoms with Gasteiger partial charge in [-0.25, -0.2) is 9.97 Å². The highest BCUT2D eigenvalue weighted by atomic mass is 16.5. The summed E-state index contributed by atoms with van der Waals surface area (Å²) in [7, 11) is 1.85. The molecule has 9 heteroatoms. The Morgan fingerprint density at radius 1 is 1.18 bits per heavy atom. The van der Waals surface area contributed by atoms with Gasteiger partial charge in [0, 0.05) is 61.8 Å². The van der Waals surface area contributed by atoms with Crippen LogP contribution in [0.1, 0.15) is 49.0 Å². The van der Waals surface area contributed by atoms with E-state index in [1.165, 1.54) is 0 Å².